The highest BCUT2D eigenvalue weighted by Crippen LogP contribution is 2.42. The van der Waals surface area contributed by atoms with Crippen molar-refractivity contribution in [3.05, 3.63) is 48.2 Å². The molecule has 2 saturated heterocycles. The Morgan fingerprint density at radius 2 is 1.74 bits per heavy atom. The fraction of sp³-hybridized carbons (Fsp3) is 0.542. The molecule has 0 spiro atoms. The molecule has 1 unspecified atom stereocenters. The van der Waals surface area contributed by atoms with E-state index >= 15 is 0 Å². The topological polar surface area (TPSA) is 82.9 Å². The van der Waals surface area contributed by atoms with Crippen LogP contribution in [0.5, 0.6) is 0 Å². The Bertz CT molecular complexity index is 1260. The lowest BCUT2D eigenvalue weighted by molar-refractivity contribution is 0.00578. The molecule has 2 aliphatic heterocycles. The number of pyridine rings is 1. The number of aromatic nitrogens is 2. The number of ether oxygens (including phenoxy) is 1. The summed E-state index contributed by atoms with van der Waals surface area (Å²) in [6.07, 6.45) is 9.05. The van der Waals surface area contributed by atoms with E-state index in [1.165, 1.54) is 3.97 Å². The predicted octanol–water partition coefficient (Wildman–Crippen LogP) is 3.33. The molecule has 2 aromatic rings. The van der Waals surface area contributed by atoms with Crippen LogP contribution in [-0.4, -0.2) is 66.7 Å². The molecule has 5 rings (SSSR count). The molecule has 0 aromatic carbocycles. The molecule has 10 heteroatoms. The summed E-state index contributed by atoms with van der Waals surface area (Å²) in [4.78, 5) is 6.76. The number of nitrogens with zero attached hydrogens (tertiary/aromatic N) is 3. The molecule has 182 valence electrons. The molecule has 0 N–H and O–H groups in total. The lowest BCUT2D eigenvalue weighted by atomic mass is 9.71. The van der Waals surface area contributed by atoms with Crippen LogP contribution in [0.3, 0.4) is 0 Å². The van der Waals surface area contributed by atoms with Gasteiger partial charge in [-0.25, -0.2) is 17.4 Å². The second-order valence-corrected chi connectivity index (χ2v) is 12.8. The van der Waals surface area contributed by atoms with Gasteiger partial charge in [0.15, 0.2) is 5.65 Å². The standard InChI is InChI=1S/C24H32BN3O5S/c1-22(2)23(3,4)33-25(32-22)19-7-6-9-24(5,16-19)34(29,30)28-10-8-18-15-20(17-26-21(18)28)27-11-13-31-14-12-27/h6-10,15,17H,11-14,16H2,1-5H3. The van der Waals surface area contributed by atoms with Crippen LogP contribution >= 0.6 is 0 Å². The smallest absolute Gasteiger partial charge is 0.400 e. The third kappa shape index (κ3) is 3.71. The van der Waals surface area contributed by atoms with Crippen LogP contribution < -0.4 is 4.90 Å². The summed E-state index contributed by atoms with van der Waals surface area (Å²) < 4.78 is 45.8. The van der Waals surface area contributed by atoms with Crippen LogP contribution in [0.2, 0.25) is 0 Å². The van der Waals surface area contributed by atoms with Crippen molar-refractivity contribution in [3.8, 4) is 0 Å². The highest BCUT2D eigenvalue weighted by Gasteiger charge is 2.54. The van der Waals surface area contributed by atoms with E-state index in [0.29, 0.717) is 18.9 Å². The Hall–Kier alpha value is -2.14. The van der Waals surface area contributed by atoms with E-state index in [9.17, 15) is 8.42 Å². The quantitative estimate of drug-likeness (QED) is 0.615. The monoisotopic (exact) mass is 485 g/mol. The van der Waals surface area contributed by atoms with Crippen LogP contribution in [0.25, 0.3) is 11.0 Å². The van der Waals surface area contributed by atoms with Gasteiger partial charge in [0.25, 0.3) is 0 Å². The molecule has 0 radical (unpaired) electrons. The molecule has 8 nitrogen and oxygen atoms in total. The zero-order chi connectivity index (χ0) is 24.4. The van der Waals surface area contributed by atoms with Gasteiger partial charge in [-0.3, -0.25) is 0 Å². The number of morpholine rings is 1. The molecule has 4 heterocycles. The Labute approximate surface area is 201 Å². The van der Waals surface area contributed by atoms with Crippen molar-refractivity contribution in [2.75, 3.05) is 31.2 Å². The SMILES string of the molecule is CC1(C)OB(C2=CC=CC(C)(S(=O)(=O)n3ccc4cc(N5CCOCC5)cnc43)C2)OC1(C)C. The second kappa shape index (κ2) is 7.94. The van der Waals surface area contributed by atoms with E-state index < -0.39 is 33.1 Å². The van der Waals surface area contributed by atoms with Crippen molar-refractivity contribution in [1.82, 2.24) is 8.96 Å². The summed E-state index contributed by atoms with van der Waals surface area (Å²) in [5.41, 5.74) is 1.23. The first kappa shape index (κ1) is 23.6. The number of rotatable bonds is 4. The molecule has 2 fully saturated rings. The minimum absolute atomic E-state index is 0.272. The Morgan fingerprint density at radius 1 is 1.06 bits per heavy atom. The van der Waals surface area contributed by atoms with E-state index in [1.807, 2.05) is 45.9 Å². The molecular weight excluding hydrogens is 453 g/mol. The van der Waals surface area contributed by atoms with Crippen molar-refractivity contribution in [2.24, 2.45) is 0 Å². The second-order valence-electron chi connectivity index (χ2n) is 10.5. The molecule has 2 aromatic heterocycles. The molecule has 1 atom stereocenters. The van der Waals surface area contributed by atoms with Gasteiger partial charge in [0.05, 0.1) is 36.3 Å². The van der Waals surface area contributed by atoms with Gasteiger partial charge >= 0.3 is 7.12 Å². The minimum atomic E-state index is -3.82. The number of anilines is 1. The van der Waals surface area contributed by atoms with Crippen molar-refractivity contribution in [1.29, 1.82) is 0 Å². The number of allylic oxidation sites excluding steroid dienone is 3. The van der Waals surface area contributed by atoms with Gasteiger partial charge in [-0.15, -0.1) is 0 Å². The van der Waals surface area contributed by atoms with Crippen molar-refractivity contribution < 1.29 is 22.5 Å². The van der Waals surface area contributed by atoms with Crippen LogP contribution in [0.1, 0.15) is 41.0 Å². The first-order valence-corrected chi connectivity index (χ1v) is 13.2. The summed E-state index contributed by atoms with van der Waals surface area (Å²) in [6.45, 7) is 12.6. The van der Waals surface area contributed by atoms with Gasteiger partial charge < -0.3 is 18.9 Å². The lowest BCUT2D eigenvalue weighted by Gasteiger charge is -2.32. The molecule has 3 aliphatic rings. The summed E-state index contributed by atoms with van der Waals surface area (Å²) >= 11 is 0. The molecule has 0 bridgehead atoms. The lowest BCUT2D eigenvalue weighted by Crippen LogP contribution is -2.41. The maximum absolute atomic E-state index is 13.9. The van der Waals surface area contributed by atoms with E-state index in [-0.39, 0.29) is 6.42 Å². The van der Waals surface area contributed by atoms with Crippen LogP contribution in [0, 0.1) is 0 Å². The van der Waals surface area contributed by atoms with Gasteiger partial charge in [-0.05, 0) is 58.6 Å². The zero-order valence-electron chi connectivity index (χ0n) is 20.4. The van der Waals surface area contributed by atoms with E-state index in [4.69, 9.17) is 14.0 Å². The normalized spacial score (nSPS) is 26.8. The summed E-state index contributed by atoms with van der Waals surface area (Å²) in [5.74, 6) is 0. The van der Waals surface area contributed by atoms with E-state index in [0.717, 1.165) is 29.6 Å². The first-order chi connectivity index (χ1) is 15.9. The van der Waals surface area contributed by atoms with Gasteiger partial charge in [0, 0.05) is 24.7 Å². The molecule has 0 amide bonds. The highest BCUT2D eigenvalue weighted by molar-refractivity contribution is 7.91. The average Bonchev–Trinajstić information content (AvgIpc) is 3.31. The van der Waals surface area contributed by atoms with Crippen LogP contribution in [0.4, 0.5) is 5.69 Å². The van der Waals surface area contributed by atoms with Crippen molar-refractivity contribution in [2.45, 2.75) is 57.0 Å². The van der Waals surface area contributed by atoms with Gasteiger partial charge in [0.2, 0.25) is 10.0 Å². The fourth-order valence-corrected chi connectivity index (χ4v) is 6.28. The number of hydrogen-bond acceptors (Lipinski definition) is 7. The summed E-state index contributed by atoms with van der Waals surface area (Å²) in [5, 5.41) is 0.790. The fourth-order valence-electron chi connectivity index (χ4n) is 4.63. The third-order valence-corrected chi connectivity index (χ3v) is 9.85. The first-order valence-electron chi connectivity index (χ1n) is 11.7. The maximum Gasteiger partial charge on any atom is 0.490 e. The van der Waals surface area contributed by atoms with E-state index in [2.05, 4.69) is 9.88 Å². The Kier molecular flexibility index (Phi) is 5.51. The Morgan fingerprint density at radius 3 is 2.41 bits per heavy atom. The minimum Gasteiger partial charge on any atom is -0.400 e. The molecule has 1 aliphatic carbocycles. The third-order valence-electron chi connectivity index (χ3n) is 7.57. The summed E-state index contributed by atoms with van der Waals surface area (Å²) in [7, 11) is -4.40. The summed E-state index contributed by atoms with van der Waals surface area (Å²) in [6, 6.07) is 3.80. The zero-order valence-corrected chi connectivity index (χ0v) is 21.3. The van der Waals surface area contributed by atoms with Crippen LogP contribution in [-0.2, 0) is 24.1 Å². The van der Waals surface area contributed by atoms with Gasteiger partial charge in [0.1, 0.15) is 4.75 Å². The van der Waals surface area contributed by atoms with Crippen LogP contribution in [0.15, 0.2) is 48.2 Å². The number of fused-ring (bicyclic) bond motifs is 1. The molecule has 0 saturated carbocycles. The van der Waals surface area contributed by atoms with Gasteiger partial charge in [-0.2, -0.15) is 0 Å². The largest absolute Gasteiger partial charge is 0.490 e. The Balaban J connectivity index is 1.43. The highest BCUT2D eigenvalue weighted by atomic mass is 32.2. The molecular formula is C24H32BN3O5S. The predicted molar refractivity (Wildman–Crippen MR) is 133 cm³/mol. The number of hydrogen-bond donors (Lipinski definition) is 0. The van der Waals surface area contributed by atoms with Crippen molar-refractivity contribution in [3.63, 3.8) is 0 Å². The van der Waals surface area contributed by atoms with Gasteiger partial charge in [-0.1, -0.05) is 18.2 Å². The maximum atomic E-state index is 13.9. The molecule has 34 heavy (non-hydrogen) atoms. The van der Waals surface area contributed by atoms with E-state index in [1.54, 1.807) is 31.5 Å². The average molecular weight is 485 g/mol. The van der Waals surface area contributed by atoms with Crippen molar-refractivity contribution >= 4 is 33.9 Å².